The molecule has 1 aromatic carbocycles. The van der Waals surface area contributed by atoms with Crippen LogP contribution in [0.3, 0.4) is 0 Å². The molecule has 6 heteroatoms. The van der Waals surface area contributed by atoms with Crippen LogP contribution in [0.5, 0.6) is 0 Å². The van der Waals surface area contributed by atoms with E-state index in [4.69, 9.17) is 5.73 Å². The number of carbonyl (C=O) groups excluding carboxylic acids is 1. The number of nitrogens with two attached hydrogens (primary N) is 1. The first-order chi connectivity index (χ1) is 8.38. The molecule has 0 aromatic heterocycles. The number of aryl methyl sites for hydroxylation is 1. The lowest BCUT2D eigenvalue weighted by molar-refractivity contribution is -0.149. The van der Waals surface area contributed by atoms with Gasteiger partial charge in [0.25, 0.3) is 0 Å². The second-order valence-electron chi connectivity index (χ2n) is 4.34. The highest BCUT2D eigenvalue weighted by molar-refractivity contribution is 5.92. The summed E-state index contributed by atoms with van der Waals surface area (Å²) in [7, 11) is 0. The number of rotatable bonds is 1. The summed E-state index contributed by atoms with van der Waals surface area (Å²) in [5.41, 5.74) is 6.47. The number of alkyl halides is 3. The molecular weight excluding hydrogens is 245 g/mol. The Bertz CT molecular complexity index is 471. The summed E-state index contributed by atoms with van der Waals surface area (Å²) in [4.78, 5) is 11.3. The number of fused-ring (bicyclic) bond motifs is 1. The molecule has 0 radical (unpaired) electrons. The molecule has 0 spiro atoms. The summed E-state index contributed by atoms with van der Waals surface area (Å²) < 4.78 is 37.5. The van der Waals surface area contributed by atoms with Gasteiger partial charge >= 0.3 is 6.18 Å². The zero-order valence-electron chi connectivity index (χ0n) is 9.55. The maximum Gasteiger partial charge on any atom is 0.407 e. The molecule has 0 saturated carbocycles. The highest BCUT2D eigenvalue weighted by Gasteiger charge is 2.38. The monoisotopic (exact) mass is 258 g/mol. The predicted octanol–water partition coefficient (Wildman–Crippen LogP) is 2.52. The van der Waals surface area contributed by atoms with Crippen molar-refractivity contribution in [3.8, 4) is 0 Å². The normalized spacial score (nSPS) is 17.7. The van der Waals surface area contributed by atoms with Crippen LogP contribution in [0.15, 0.2) is 18.2 Å². The van der Waals surface area contributed by atoms with Gasteiger partial charge in [-0.05, 0) is 30.0 Å². The summed E-state index contributed by atoms with van der Waals surface area (Å²) in [6.07, 6.45) is -2.87. The number of benzene rings is 1. The second kappa shape index (κ2) is 4.61. The van der Waals surface area contributed by atoms with Gasteiger partial charge in [0.2, 0.25) is 5.91 Å². The molecule has 0 fully saturated rings. The lowest BCUT2D eigenvalue weighted by Crippen LogP contribution is -2.28. The van der Waals surface area contributed by atoms with Crippen molar-refractivity contribution in [2.45, 2.75) is 31.5 Å². The highest BCUT2D eigenvalue weighted by Crippen LogP contribution is 2.33. The van der Waals surface area contributed by atoms with Gasteiger partial charge in [-0.3, -0.25) is 4.79 Å². The van der Waals surface area contributed by atoms with Crippen LogP contribution in [0.2, 0.25) is 0 Å². The molecule has 1 aliphatic rings. The smallest absolute Gasteiger partial charge is 0.326 e. The van der Waals surface area contributed by atoms with Crippen molar-refractivity contribution < 1.29 is 18.0 Å². The average molecular weight is 258 g/mol. The molecule has 0 saturated heterocycles. The molecule has 1 atom stereocenters. The van der Waals surface area contributed by atoms with Crippen LogP contribution in [-0.2, 0) is 11.2 Å². The van der Waals surface area contributed by atoms with Gasteiger partial charge in [-0.25, -0.2) is 0 Å². The van der Waals surface area contributed by atoms with Gasteiger partial charge in [-0.15, -0.1) is 0 Å². The molecule has 2 rings (SSSR count). The molecule has 1 aliphatic heterocycles. The van der Waals surface area contributed by atoms with E-state index in [9.17, 15) is 18.0 Å². The molecule has 3 N–H and O–H groups in total. The molecule has 1 unspecified atom stereocenters. The van der Waals surface area contributed by atoms with Crippen LogP contribution in [0, 0.1) is 0 Å². The molecule has 0 aliphatic carbocycles. The quantitative estimate of drug-likeness (QED) is 0.813. The highest BCUT2D eigenvalue weighted by atomic mass is 19.4. The maximum atomic E-state index is 12.5. The van der Waals surface area contributed by atoms with Crippen LogP contribution < -0.4 is 11.1 Å². The van der Waals surface area contributed by atoms with Crippen LogP contribution in [0.1, 0.15) is 30.0 Å². The minimum atomic E-state index is -4.46. The number of amides is 1. The lowest BCUT2D eigenvalue weighted by Gasteiger charge is -2.17. The van der Waals surface area contributed by atoms with E-state index in [1.54, 1.807) is 0 Å². The van der Waals surface area contributed by atoms with E-state index in [2.05, 4.69) is 5.32 Å². The third-order valence-corrected chi connectivity index (χ3v) is 2.97. The number of hydrogen-bond acceptors (Lipinski definition) is 2. The zero-order chi connectivity index (χ0) is 13.3. The predicted molar refractivity (Wildman–Crippen MR) is 61.0 cm³/mol. The molecular formula is C12H13F3N2O. The molecule has 18 heavy (non-hydrogen) atoms. The SMILES string of the molecule is NC(c1ccc2c(c1)CCCC(=O)N2)C(F)(F)F. The molecule has 1 heterocycles. The fourth-order valence-corrected chi connectivity index (χ4v) is 1.98. The van der Waals surface area contributed by atoms with Crippen molar-refractivity contribution in [3.63, 3.8) is 0 Å². The second-order valence-corrected chi connectivity index (χ2v) is 4.34. The molecule has 98 valence electrons. The number of anilines is 1. The largest absolute Gasteiger partial charge is 0.407 e. The third-order valence-electron chi connectivity index (χ3n) is 2.97. The number of carbonyl (C=O) groups is 1. The lowest BCUT2D eigenvalue weighted by atomic mass is 10.0. The summed E-state index contributed by atoms with van der Waals surface area (Å²) in [6.45, 7) is 0. The van der Waals surface area contributed by atoms with E-state index in [1.165, 1.54) is 18.2 Å². The van der Waals surface area contributed by atoms with Crippen LogP contribution in [-0.4, -0.2) is 12.1 Å². The first-order valence-corrected chi connectivity index (χ1v) is 5.63. The molecule has 1 amide bonds. The average Bonchev–Trinajstić information content (AvgIpc) is 2.46. The third kappa shape index (κ3) is 2.64. The van der Waals surface area contributed by atoms with Crippen LogP contribution >= 0.6 is 0 Å². The Morgan fingerprint density at radius 2 is 2.00 bits per heavy atom. The van der Waals surface area contributed by atoms with Crippen LogP contribution in [0.25, 0.3) is 0 Å². The van der Waals surface area contributed by atoms with Crippen molar-refractivity contribution >= 4 is 11.6 Å². The summed E-state index contributed by atoms with van der Waals surface area (Å²) in [5.74, 6) is -0.110. The van der Waals surface area contributed by atoms with Crippen molar-refractivity contribution in [3.05, 3.63) is 29.3 Å². The van der Waals surface area contributed by atoms with Crippen LogP contribution in [0.4, 0.5) is 18.9 Å². The Morgan fingerprint density at radius 1 is 1.28 bits per heavy atom. The molecule has 1 aromatic rings. The molecule has 0 bridgehead atoms. The maximum absolute atomic E-state index is 12.5. The minimum absolute atomic E-state index is 0.0254. The van der Waals surface area contributed by atoms with Gasteiger partial charge < -0.3 is 11.1 Å². The van der Waals surface area contributed by atoms with Gasteiger partial charge in [-0.1, -0.05) is 12.1 Å². The van der Waals surface area contributed by atoms with Gasteiger partial charge in [0.1, 0.15) is 6.04 Å². The van der Waals surface area contributed by atoms with Crippen molar-refractivity contribution in [2.75, 3.05) is 5.32 Å². The van der Waals surface area contributed by atoms with Gasteiger partial charge in [-0.2, -0.15) is 13.2 Å². The Balaban J connectivity index is 2.32. The summed E-state index contributed by atoms with van der Waals surface area (Å²) in [5, 5.41) is 2.67. The summed E-state index contributed by atoms with van der Waals surface area (Å²) in [6, 6.07) is 2.24. The fraction of sp³-hybridized carbons (Fsp3) is 0.417. The first-order valence-electron chi connectivity index (χ1n) is 5.63. The minimum Gasteiger partial charge on any atom is -0.326 e. The topological polar surface area (TPSA) is 55.1 Å². The van der Waals surface area contributed by atoms with Gasteiger partial charge in [0.15, 0.2) is 0 Å². The van der Waals surface area contributed by atoms with Gasteiger partial charge in [0, 0.05) is 12.1 Å². The van der Waals surface area contributed by atoms with Crippen molar-refractivity contribution in [2.24, 2.45) is 5.73 Å². The van der Waals surface area contributed by atoms with Crippen molar-refractivity contribution in [1.82, 2.24) is 0 Å². The Hall–Kier alpha value is -1.56. The van der Waals surface area contributed by atoms with E-state index in [0.717, 1.165) is 0 Å². The Morgan fingerprint density at radius 3 is 2.67 bits per heavy atom. The van der Waals surface area contributed by atoms with E-state index < -0.39 is 12.2 Å². The molecule has 3 nitrogen and oxygen atoms in total. The fourth-order valence-electron chi connectivity index (χ4n) is 1.98. The number of nitrogens with one attached hydrogen (secondary N) is 1. The first kappa shape index (κ1) is 12.9. The Kier molecular flexibility index (Phi) is 3.30. The van der Waals surface area contributed by atoms with E-state index in [0.29, 0.717) is 30.5 Å². The van der Waals surface area contributed by atoms with E-state index in [-0.39, 0.29) is 11.5 Å². The Labute approximate surface area is 102 Å². The van der Waals surface area contributed by atoms with E-state index in [1.807, 2.05) is 0 Å². The number of halogens is 3. The van der Waals surface area contributed by atoms with E-state index >= 15 is 0 Å². The standard InChI is InChI=1S/C12H13F3N2O/c13-12(14,15)11(16)8-4-5-9-7(6-8)2-1-3-10(18)17-9/h4-6,11H,1-3,16H2,(H,17,18). The zero-order valence-corrected chi connectivity index (χ0v) is 9.55. The van der Waals surface area contributed by atoms with Gasteiger partial charge in [0.05, 0.1) is 0 Å². The summed E-state index contributed by atoms with van der Waals surface area (Å²) >= 11 is 0. The van der Waals surface area contributed by atoms with Crippen molar-refractivity contribution in [1.29, 1.82) is 0 Å². The number of hydrogen-bond donors (Lipinski definition) is 2.